The van der Waals surface area contributed by atoms with E-state index in [1.54, 1.807) is 45.0 Å². The molecule has 3 atom stereocenters. The summed E-state index contributed by atoms with van der Waals surface area (Å²) < 4.78 is 27.5. The van der Waals surface area contributed by atoms with Gasteiger partial charge in [0.2, 0.25) is 5.60 Å². The van der Waals surface area contributed by atoms with Crippen LogP contribution in [0.1, 0.15) is 43.5 Å². The Labute approximate surface area is 213 Å². The molecule has 0 saturated carbocycles. The molecular weight excluding hydrogens is 480 g/mol. The molecule has 0 saturated heterocycles. The fourth-order valence-corrected chi connectivity index (χ4v) is 4.56. The lowest BCUT2D eigenvalue weighted by Crippen LogP contribution is -2.52. The monoisotopic (exact) mass is 510 g/mol. The number of carbonyl (C=O) groups is 1. The molecule has 0 radical (unpaired) electrons. The minimum Gasteiger partial charge on any atom is -0.467 e. The summed E-state index contributed by atoms with van der Waals surface area (Å²) in [5.74, 6) is -0.702. The van der Waals surface area contributed by atoms with Gasteiger partial charge in [-0.15, -0.1) is 0 Å². The Morgan fingerprint density at radius 1 is 0.972 bits per heavy atom. The molecule has 0 bridgehead atoms. The van der Waals surface area contributed by atoms with Crippen molar-refractivity contribution in [3.8, 4) is 0 Å². The van der Waals surface area contributed by atoms with Gasteiger partial charge in [-0.25, -0.2) is 13.7 Å². The van der Waals surface area contributed by atoms with Gasteiger partial charge in [0.15, 0.2) is 0 Å². The summed E-state index contributed by atoms with van der Waals surface area (Å²) >= 11 is 0. The first-order valence-electron chi connectivity index (χ1n) is 11.3. The summed E-state index contributed by atoms with van der Waals surface area (Å²) in [5.41, 5.74) is -0.109. The number of nitrogens with zero attached hydrogens (tertiary/aromatic N) is 1. The number of hydrogen-bond acceptors (Lipinski definition) is 6. The fourth-order valence-electron chi connectivity index (χ4n) is 3.69. The first kappa shape index (κ1) is 27.2. The van der Waals surface area contributed by atoms with Crippen LogP contribution in [0.5, 0.6) is 0 Å². The van der Waals surface area contributed by atoms with Gasteiger partial charge in [-0.05, 0) is 37.5 Å². The standard InChI is InChI=1S/C27H30N2O6S/c1-26(2,3)36(33)28-24(21-15-17-23(18-16-21)29(31)32)27(25(30)34-4,22-13-9-6-10-14-22)35-19-20-11-7-5-8-12-20/h5-18,24,28H,19H2,1-4H3/t24-,27-,36-/m1/s1. The summed E-state index contributed by atoms with van der Waals surface area (Å²) in [7, 11) is -0.377. The van der Waals surface area contributed by atoms with Gasteiger partial charge in [-0.2, -0.15) is 0 Å². The molecule has 3 aromatic rings. The topological polar surface area (TPSA) is 108 Å². The molecule has 9 heteroatoms. The fraction of sp³-hybridized carbons (Fsp3) is 0.296. The summed E-state index contributed by atoms with van der Waals surface area (Å²) in [6.07, 6.45) is 0. The van der Waals surface area contributed by atoms with E-state index in [0.717, 1.165) is 5.56 Å². The van der Waals surface area contributed by atoms with Crippen molar-refractivity contribution >= 4 is 22.6 Å². The average molecular weight is 511 g/mol. The molecule has 0 aliphatic rings. The van der Waals surface area contributed by atoms with Gasteiger partial charge in [0, 0.05) is 12.1 Å². The summed E-state index contributed by atoms with van der Waals surface area (Å²) in [6.45, 7) is 5.46. The summed E-state index contributed by atoms with van der Waals surface area (Å²) in [4.78, 5) is 24.4. The molecule has 0 aliphatic carbocycles. The zero-order valence-corrected chi connectivity index (χ0v) is 21.5. The lowest BCUT2D eigenvalue weighted by Gasteiger charge is -2.40. The van der Waals surface area contributed by atoms with Gasteiger partial charge in [-0.3, -0.25) is 10.1 Å². The second-order valence-electron chi connectivity index (χ2n) is 9.15. The minimum absolute atomic E-state index is 0.0537. The second-order valence-corrected chi connectivity index (χ2v) is 11.1. The lowest BCUT2D eigenvalue weighted by molar-refractivity contribution is -0.384. The maximum absolute atomic E-state index is 13.7. The second kappa shape index (κ2) is 11.6. The number of carbonyl (C=O) groups excluding carboxylic acids is 1. The number of non-ortho nitro benzene ring substituents is 1. The number of nitrogens with one attached hydrogen (secondary N) is 1. The number of esters is 1. The largest absolute Gasteiger partial charge is 0.467 e. The molecule has 0 unspecified atom stereocenters. The molecule has 1 N–H and O–H groups in total. The van der Waals surface area contributed by atoms with E-state index in [1.807, 2.05) is 36.4 Å². The van der Waals surface area contributed by atoms with Crippen molar-refractivity contribution in [3.05, 3.63) is 112 Å². The third-order valence-corrected chi connectivity index (χ3v) is 7.19. The van der Waals surface area contributed by atoms with Crippen molar-refractivity contribution in [3.63, 3.8) is 0 Å². The number of rotatable bonds is 10. The minimum atomic E-state index is -1.77. The highest BCUT2D eigenvalue weighted by molar-refractivity contribution is 7.84. The molecule has 0 heterocycles. The van der Waals surface area contributed by atoms with Crippen LogP contribution in [-0.4, -0.2) is 27.0 Å². The molecule has 190 valence electrons. The van der Waals surface area contributed by atoms with Gasteiger partial charge in [0.05, 0.1) is 40.4 Å². The van der Waals surface area contributed by atoms with Crippen molar-refractivity contribution in [1.82, 2.24) is 4.72 Å². The van der Waals surface area contributed by atoms with Crippen molar-refractivity contribution < 1.29 is 23.4 Å². The van der Waals surface area contributed by atoms with E-state index in [1.165, 1.54) is 31.4 Å². The predicted molar refractivity (Wildman–Crippen MR) is 138 cm³/mol. The normalized spacial score (nSPS) is 14.9. The van der Waals surface area contributed by atoms with Crippen LogP contribution in [0, 0.1) is 10.1 Å². The molecule has 8 nitrogen and oxygen atoms in total. The van der Waals surface area contributed by atoms with E-state index in [9.17, 15) is 19.1 Å². The Morgan fingerprint density at radius 2 is 1.53 bits per heavy atom. The smallest absolute Gasteiger partial charge is 0.344 e. The maximum atomic E-state index is 13.7. The Bertz CT molecular complexity index is 1200. The Morgan fingerprint density at radius 3 is 2.03 bits per heavy atom. The molecule has 0 aromatic heterocycles. The van der Waals surface area contributed by atoms with Crippen LogP contribution in [0.15, 0.2) is 84.9 Å². The van der Waals surface area contributed by atoms with E-state index in [4.69, 9.17) is 9.47 Å². The summed E-state index contributed by atoms with van der Waals surface area (Å²) in [5, 5.41) is 11.3. The molecule has 0 aliphatic heterocycles. The van der Waals surface area contributed by atoms with Crippen molar-refractivity contribution in [1.29, 1.82) is 0 Å². The molecule has 36 heavy (non-hydrogen) atoms. The molecule has 3 rings (SSSR count). The first-order chi connectivity index (χ1) is 17.1. The number of hydrogen-bond donors (Lipinski definition) is 1. The van der Waals surface area contributed by atoms with Gasteiger partial charge in [0.25, 0.3) is 5.69 Å². The van der Waals surface area contributed by atoms with Crippen molar-refractivity contribution in [2.45, 2.75) is 43.8 Å². The molecular formula is C27H30N2O6S. The zero-order valence-electron chi connectivity index (χ0n) is 20.7. The maximum Gasteiger partial charge on any atom is 0.344 e. The Balaban J connectivity index is 2.25. The van der Waals surface area contributed by atoms with E-state index in [2.05, 4.69) is 4.72 Å². The number of methoxy groups -OCH3 is 1. The van der Waals surface area contributed by atoms with Crippen LogP contribution in [0.3, 0.4) is 0 Å². The van der Waals surface area contributed by atoms with Gasteiger partial charge >= 0.3 is 5.97 Å². The van der Waals surface area contributed by atoms with E-state index < -0.39 is 38.3 Å². The van der Waals surface area contributed by atoms with Crippen LogP contribution >= 0.6 is 0 Å². The third-order valence-electron chi connectivity index (χ3n) is 5.63. The van der Waals surface area contributed by atoms with E-state index in [-0.39, 0.29) is 12.3 Å². The highest BCUT2D eigenvalue weighted by atomic mass is 32.2. The SMILES string of the molecule is COC(=O)[C@@](OCc1ccccc1)(c1ccccc1)[C@H](N[S@](=O)C(C)(C)C)c1ccc([N+](=O)[O-])cc1. The average Bonchev–Trinajstić information content (AvgIpc) is 2.88. The van der Waals surface area contributed by atoms with Crippen LogP contribution in [0.4, 0.5) is 5.69 Å². The van der Waals surface area contributed by atoms with E-state index in [0.29, 0.717) is 11.1 Å². The quantitative estimate of drug-likeness (QED) is 0.234. The first-order valence-corrected chi connectivity index (χ1v) is 12.5. The van der Waals surface area contributed by atoms with Gasteiger partial charge in [0.1, 0.15) is 0 Å². The van der Waals surface area contributed by atoms with Gasteiger partial charge < -0.3 is 9.47 Å². The zero-order chi connectivity index (χ0) is 26.3. The van der Waals surface area contributed by atoms with Crippen molar-refractivity contribution in [2.75, 3.05) is 7.11 Å². The predicted octanol–water partition coefficient (Wildman–Crippen LogP) is 4.97. The van der Waals surface area contributed by atoms with Gasteiger partial charge in [-0.1, -0.05) is 72.8 Å². The Kier molecular flexibility index (Phi) is 8.73. The number of benzene rings is 3. The number of nitro benzene ring substituents is 1. The highest BCUT2D eigenvalue weighted by Gasteiger charge is 2.52. The van der Waals surface area contributed by atoms with Crippen LogP contribution < -0.4 is 4.72 Å². The number of ether oxygens (including phenoxy) is 2. The van der Waals surface area contributed by atoms with Crippen LogP contribution in [-0.2, 0) is 37.5 Å². The van der Waals surface area contributed by atoms with E-state index >= 15 is 0 Å². The highest BCUT2D eigenvalue weighted by Crippen LogP contribution is 2.42. The molecule has 0 amide bonds. The number of nitro groups is 1. The Hall–Kier alpha value is -3.40. The van der Waals surface area contributed by atoms with Crippen LogP contribution in [0.25, 0.3) is 0 Å². The third kappa shape index (κ3) is 6.04. The molecule has 0 fully saturated rings. The summed E-state index contributed by atoms with van der Waals surface area (Å²) in [6, 6.07) is 22.9. The molecule has 3 aromatic carbocycles. The molecule has 0 spiro atoms. The van der Waals surface area contributed by atoms with Crippen molar-refractivity contribution in [2.24, 2.45) is 0 Å². The lowest BCUT2D eigenvalue weighted by atomic mass is 9.82. The van der Waals surface area contributed by atoms with Crippen LogP contribution in [0.2, 0.25) is 0 Å².